The van der Waals surface area contributed by atoms with Gasteiger partial charge in [0.1, 0.15) is 5.82 Å². The van der Waals surface area contributed by atoms with Crippen LogP contribution in [0.3, 0.4) is 0 Å². The smallest absolute Gasteiger partial charge is 0.164 e. The largest absolute Gasteiger partial charge is 0.292 e. The van der Waals surface area contributed by atoms with Crippen molar-refractivity contribution >= 4 is 11.0 Å². The summed E-state index contributed by atoms with van der Waals surface area (Å²) >= 11 is 0. The van der Waals surface area contributed by atoms with Gasteiger partial charge in [-0.3, -0.25) is 4.57 Å². The van der Waals surface area contributed by atoms with Crippen molar-refractivity contribution in [2.45, 2.75) is 6.92 Å². The van der Waals surface area contributed by atoms with Crippen LogP contribution in [0, 0.1) is 6.92 Å². The molecule has 8 heteroatoms. The van der Waals surface area contributed by atoms with Crippen LogP contribution in [0.5, 0.6) is 0 Å². The Balaban J connectivity index is 1.15. The van der Waals surface area contributed by atoms with Crippen LogP contribution < -0.4 is 0 Å². The average molecular weight is 823 g/mol. The van der Waals surface area contributed by atoms with Crippen molar-refractivity contribution in [3.63, 3.8) is 0 Å². The first-order chi connectivity index (χ1) is 31.6. The van der Waals surface area contributed by atoms with Gasteiger partial charge in [-0.15, -0.1) is 0 Å². The fourth-order valence-corrected chi connectivity index (χ4v) is 8.02. The third-order valence-electron chi connectivity index (χ3n) is 11.1. The van der Waals surface area contributed by atoms with Crippen molar-refractivity contribution in [3.8, 4) is 96.5 Å². The van der Waals surface area contributed by atoms with Crippen LogP contribution in [-0.4, -0.2) is 39.5 Å². The quantitative estimate of drug-likeness (QED) is 0.143. The molecule has 0 atom stereocenters. The molecule has 8 aromatic carbocycles. The fraction of sp³-hybridized carbons (Fsp3) is 0.0179. The molecular formula is C56H38N8. The van der Waals surface area contributed by atoms with Gasteiger partial charge in [-0.1, -0.05) is 169 Å². The minimum atomic E-state index is 0.523. The van der Waals surface area contributed by atoms with Crippen molar-refractivity contribution in [2.75, 3.05) is 0 Å². The first kappa shape index (κ1) is 38.2. The molecule has 0 saturated heterocycles. The van der Waals surface area contributed by atoms with E-state index in [1.165, 1.54) is 5.56 Å². The van der Waals surface area contributed by atoms with E-state index in [4.69, 9.17) is 34.9 Å². The maximum atomic E-state index is 5.16. The number of aromatic nitrogens is 8. The molecule has 0 unspecified atom stereocenters. The Kier molecular flexibility index (Phi) is 9.91. The molecule has 0 aliphatic carbocycles. The highest BCUT2D eigenvalue weighted by Crippen LogP contribution is 2.36. The molecule has 0 amide bonds. The molecule has 8 nitrogen and oxygen atoms in total. The molecule has 0 aliphatic heterocycles. The predicted octanol–water partition coefficient (Wildman–Crippen LogP) is 13.0. The van der Waals surface area contributed by atoms with Crippen LogP contribution in [0.4, 0.5) is 0 Å². The van der Waals surface area contributed by atoms with Crippen LogP contribution in [0.2, 0.25) is 0 Å². The lowest BCUT2D eigenvalue weighted by atomic mass is 9.98. The van der Waals surface area contributed by atoms with Crippen molar-refractivity contribution in [1.29, 1.82) is 0 Å². The molecule has 0 aliphatic rings. The van der Waals surface area contributed by atoms with E-state index in [9.17, 15) is 0 Å². The molecule has 0 saturated carbocycles. The molecule has 11 aromatic rings. The molecule has 3 heterocycles. The van der Waals surface area contributed by atoms with E-state index in [0.717, 1.165) is 72.6 Å². The summed E-state index contributed by atoms with van der Waals surface area (Å²) in [5.74, 6) is 4.22. The van der Waals surface area contributed by atoms with Crippen molar-refractivity contribution in [1.82, 2.24) is 39.5 Å². The van der Waals surface area contributed by atoms with Crippen molar-refractivity contribution < 1.29 is 0 Å². The van der Waals surface area contributed by atoms with Gasteiger partial charge in [0.25, 0.3) is 0 Å². The summed E-state index contributed by atoms with van der Waals surface area (Å²) in [6.45, 7) is 2.11. The average Bonchev–Trinajstić information content (AvgIpc) is 3.77. The highest BCUT2D eigenvalue weighted by Gasteiger charge is 2.20. The SMILES string of the molecule is Cc1cccc(-c2nc3ccccc3n2-c2cccc(-c3cc(-c4nc(-c5ccccc5)nc(-c5ccccc5)n4)cc(-c4nc(-c5ccccc5)nc(-c5ccccc5)n4)c3)c2)c1. The highest BCUT2D eigenvalue weighted by molar-refractivity contribution is 5.85. The van der Waals surface area contributed by atoms with E-state index in [2.05, 4.69) is 96.4 Å². The number of fused-ring (bicyclic) bond motifs is 1. The van der Waals surface area contributed by atoms with E-state index in [1.54, 1.807) is 0 Å². The molecule has 0 radical (unpaired) electrons. The lowest BCUT2D eigenvalue weighted by molar-refractivity contribution is 1.07. The second-order valence-electron chi connectivity index (χ2n) is 15.6. The Morgan fingerprint density at radius 2 is 0.672 bits per heavy atom. The number of imidazole rings is 1. The molecule has 11 rings (SSSR count). The Morgan fingerprint density at radius 1 is 0.281 bits per heavy atom. The summed E-state index contributed by atoms with van der Waals surface area (Å²) in [5.41, 5.74) is 12.2. The normalized spacial score (nSPS) is 11.2. The van der Waals surface area contributed by atoms with Gasteiger partial charge in [0.05, 0.1) is 11.0 Å². The second kappa shape index (κ2) is 16.6. The Morgan fingerprint density at radius 3 is 1.16 bits per heavy atom. The summed E-state index contributed by atoms with van der Waals surface area (Å²) in [4.78, 5) is 35.8. The number of benzene rings is 8. The van der Waals surface area contributed by atoms with Crippen molar-refractivity contribution in [2.24, 2.45) is 0 Å². The predicted molar refractivity (Wildman–Crippen MR) is 256 cm³/mol. The van der Waals surface area contributed by atoms with Gasteiger partial charge in [-0.05, 0) is 66.6 Å². The van der Waals surface area contributed by atoms with Crippen LogP contribution >= 0.6 is 0 Å². The zero-order valence-electron chi connectivity index (χ0n) is 34.8. The van der Waals surface area contributed by atoms with Crippen LogP contribution in [0.15, 0.2) is 212 Å². The van der Waals surface area contributed by atoms with E-state index in [-0.39, 0.29) is 0 Å². The number of hydrogen-bond acceptors (Lipinski definition) is 7. The zero-order valence-corrected chi connectivity index (χ0v) is 34.8. The number of para-hydroxylation sites is 2. The van der Waals surface area contributed by atoms with E-state index in [0.29, 0.717) is 34.9 Å². The lowest BCUT2D eigenvalue weighted by Gasteiger charge is -2.15. The Bertz CT molecular complexity index is 3180. The van der Waals surface area contributed by atoms with Crippen LogP contribution in [-0.2, 0) is 0 Å². The topological polar surface area (TPSA) is 95.2 Å². The van der Waals surface area contributed by atoms with Gasteiger partial charge in [0.2, 0.25) is 0 Å². The highest BCUT2D eigenvalue weighted by atomic mass is 15.1. The lowest BCUT2D eigenvalue weighted by Crippen LogP contribution is -2.02. The molecule has 0 N–H and O–H groups in total. The molecule has 302 valence electrons. The maximum absolute atomic E-state index is 5.16. The van der Waals surface area contributed by atoms with Crippen molar-refractivity contribution in [3.05, 3.63) is 218 Å². The van der Waals surface area contributed by atoms with Crippen LogP contribution in [0.25, 0.3) is 108 Å². The standard InChI is InChI=1S/C56H38N8/c1-37-18-16-28-43(32-37)56-57-48-30-14-15-31-49(48)64(56)47-29-17-27-42(36-47)44-33-45(54-60-50(38-19-6-2-7-20-38)58-51(61-54)39-21-8-3-9-22-39)35-46(34-44)55-62-52(40-23-10-4-11-24-40)59-53(63-55)41-25-12-5-13-26-41/h2-36H,1H3. The summed E-state index contributed by atoms with van der Waals surface area (Å²) in [6, 6.07) is 71.8. The van der Waals surface area contributed by atoms with E-state index in [1.807, 2.05) is 127 Å². The second-order valence-corrected chi connectivity index (χ2v) is 15.6. The molecule has 3 aromatic heterocycles. The number of hydrogen-bond donors (Lipinski definition) is 0. The third kappa shape index (κ3) is 7.61. The molecule has 0 spiro atoms. The Hall–Kier alpha value is -8.75. The van der Waals surface area contributed by atoms with E-state index >= 15 is 0 Å². The van der Waals surface area contributed by atoms with Gasteiger partial charge in [-0.25, -0.2) is 34.9 Å². The zero-order chi connectivity index (χ0) is 42.8. The first-order valence-electron chi connectivity index (χ1n) is 21.1. The minimum absolute atomic E-state index is 0.523. The minimum Gasteiger partial charge on any atom is -0.292 e. The summed E-state index contributed by atoms with van der Waals surface area (Å²) in [7, 11) is 0. The molecule has 0 fully saturated rings. The van der Waals surface area contributed by atoms with Gasteiger partial charge in [0, 0.05) is 44.6 Å². The summed E-state index contributed by atoms with van der Waals surface area (Å²) < 4.78 is 2.24. The van der Waals surface area contributed by atoms with E-state index < -0.39 is 0 Å². The summed E-state index contributed by atoms with van der Waals surface area (Å²) in [5, 5.41) is 0. The number of nitrogens with zero attached hydrogens (tertiary/aromatic N) is 8. The molecule has 64 heavy (non-hydrogen) atoms. The fourth-order valence-electron chi connectivity index (χ4n) is 8.02. The van der Waals surface area contributed by atoms with Crippen LogP contribution in [0.1, 0.15) is 5.56 Å². The van der Waals surface area contributed by atoms with Gasteiger partial charge in [0.15, 0.2) is 34.9 Å². The van der Waals surface area contributed by atoms with Gasteiger partial charge in [-0.2, -0.15) is 0 Å². The maximum Gasteiger partial charge on any atom is 0.164 e. The third-order valence-corrected chi connectivity index (χ3v) is 11.1. The molecule has 0 bridgehead atoms. The van der Waals surface area contributed by atoms with Gasteiger partial charge < -0.3 is 0 Å². The first-order valence-corrected chi connectivity index (χ1v) is 21.1. The number of rotatable bonds is 9. The Labute approximate surface area is 370 Å². The number of aryl methyl sites for hydroxylation is 1. The summed E-state index contributed by atoms with van der Waals surface area (Å²) in [6.07, 6.45) is 0. The van der Waals surface area contributed by atoms with Gasteiger partial charge >= 0.3 is 0 Å². The molecular weight excluding hydrogens is 785 g/mol. The monoisotopic (exact) mass is 822 g/mol.